The van der Waals surface area contributed by atoms with Crippen molar-refractivity contribution >= 4 is 23.9 Å². The molecule has 0 amide bonds. The van der Waals surface area contributed by atoms with Gasteiger partial charge in [-0.15, -0.1) is 0 Å². The Morgan fingerprint density at radius 1 is 0.320 bits per heavy atom. The standard InChI is InChI=1S/C59H58F6O10/c1-3-5-7-9-11-13-39-70-47-27-15-41(16-28-47)53(66)72-49-31-19-43(20-32-49)55(68)74-51-35-23-45(24-36-51)57(58(60,61)62,59(63,64)65)46-25-37-52(38-26-46)75-56(69)44-21-33-50(34-22-44)73-54(67)42-17-29-48(30-18-42)71-40-14-12-10-8-6-4-2/h15-38H,3-14,39-40H2,1-2H3. The van der Waals surface area contributed by atoms with Crippen LogP contribution < -0.4 is 28.4 Å². The smallest absolute Gasteiger partial charge is 0.411 e. The minimum Gasteiger partial charge on any atom is -0.494 e. The molecule has 0 spiro atoms. The van der Waals surface area contributed by atoms with Gasteiger partial charge in [-0.1, -0.05) is 102 Å². The highest BCUT2D eigenvalue weighted by Gasteiger charge is 2.72. The first-order chi connectivity index (χ1) is 36.0. The quantitative estimate of drug-likeness (QED) is 0.0224. The number of benzene rings is 6. The van der Waals surface area contributed by atoms with Gasteiger partial charge in [0.05, 0.1) is 35.5 Å². The summed E-state index contributed by atoms with van der Waals surface area (Å²) >= 11 is 0. The van der Waals surface area contributed by atoms with Crippen molar-refractivity contribution in [3.8, 4) is 34.5 Å². The van der Waals surface area contributed by atoms with E-state index in [0.717, 1.165) is 62.8 Å². The van der Waals surface area contributed by atoms with Crippen LogP contribution in [-0.4, -0.2) is 49.4 Å². The number of carbonyl (C=O) groups is 4. The van der Waals surface area contributed by atoms with Crippen molar-refractivity contribution in [1.82, 2.24) is 0 Å². The fourth-order valence-corrected chi connectivity index (χ4v) is 8.03. The maximum Gasteiger partial charge on any atom is 0.411 e. The van der Waals surface area contributed by atoms with Crippen molar-refractivity contribution in [2.45, 2.75) is 109 Å². The summed E-state index contributed by atoms with van der Waals surface area (Å²) in [7, 11) is 0. The first-order valence-corrected chi connectivity index (χ1v) is 24.9. The van der Waals surface area contributed by atoms with Crippen LogP contribution in [0.3, 0.4) is 0 Å². The van der Waals surface area contributed by atoms with Crippen LogP contribution in [0.1, 0.15) is 143 Å². The second-order valence-corrected chi connectivity index (χ2v) is 17.7. The highest BCUT2D eigenvalue weighted by molar-refractivity contribution is 5.94. The van der Waals surface area contributed by atoms with Gasteiger partial charge in [-0.2, -0.15) is 26.3 Å². The molecular formula is C59H58F6O10. The Balaban J connectivity index is 1.02. The SMILES string of the molecule is CCCCCCCCOc1ccc(C(=O)Oc2ccc(C(=O)Oc3ccc(C(c4ccc(OC(=O)c5ccc(OC(=O)c6ccc(OCCCCCCCC)cc6)cc5)cc4)(C(F)(F)F)C(F)(F)F)cc3)cc2)cc1. The molecule has 0 N–H and O–H groups in total. The number of halogens is 6. The summed E-state index contributed by atoms with van der Waals surface area (Å²) < 4.78 is 123. The van der Waals surface area contributed by atoms with Gasteiger partial charge in [-0.25, -0.2) is 19.2 Å². The van der Waals surface area contributed by atoms with Crippen LogP contribution in [0.4, 0.5) is 26.3 Å². The zero-order valence-corrected chi connectivity index (χ0v) is 41.6. The highest BCUT2D eigenvalue weighted by atomic mass is 19.4. The Morgan fingerprint density at radius 3 is 0.800 bits per heavy atom. The molecule has 0 unspecified atom stereocenters. The summed E-state index contributed by atoms with van der Waals surface area (Å²) in [5.41, 5.74) is -6.68. The van der Waals surface area contributed by atoms with Gasteiger partial charge < -0.3 is 28.4 Å². The van der Waals surface area contributed by atoms with E-state index in [0.29, 0.717) is 49.0 Å². The molecule has 0 heterocycles. The number of carbonyl (C=O) groups excluding carboxylic acids is 4. The molecule has 0 bridgehead atoms. The van der Waals surface area contributed by atoms with Crippen LogP contribution in [0.5, 0.6) is 34.5 Å². The van der Waals surface area contributed by atoms with E-state index >= 15 is 0 Å². The van der Waals surface area contributed by atoms with E-state index in [1.54, 1.807) is 48.5 Å². The second kappa shape index (κ2) is 27.1. The van der Waals surface area contributed by atoms with Gasteiger partial charge in [0.1, 0.15) is 34.5 Å². The number of unbranched alkanes of at least 4 members (excludes halogenated alkanes) is 10. The van der Waals surface area contributed by atoms with E-state index in [4.69, 9.17) is 28.4 Å². The third-order valence-corrected chi connectivity index (χ3v) is 12.2. The molecule has 0 radical (unpaired) electrons. The zero-order valence-electron chi connectivity index (χ0n) is 41.6. The topological polar surface area (TPSA) is 124 Å². The molecule has 6 aromatic carbocycles. The molecule has 396 valence electrons. The molecule has 16 heteroatoms. The van der Waals surface area contributed by atoms with Gasteiger partial charge in [0.25, 0.3) is 0 Å². The van der Waals surface area contributed by atoms with Gasteiger partial charge >= 0.3 is 36.2 Å². The van der Waals surface area contributed by atoms with Crippen molar-refractivity contribution in [2.24, 2.45) is 0 Å². The summed E-state index contributed by atoms with van der Waals surface area (Å²) in [5.74, 6) is -2.69. The van der Waals surface area contributed by atoms with Crippen LogP contribution in [0, 0.1) is 0 Å². The van der Waals surface area contributed by atoms with Crippen molar-refractivity contribution in [3.63, 3.8) is 0 Å². The van der Waals surface area contributed by atoms with E-state index in [1.807, 2.05) is 0 Å². The molecule has 0 aromatic heterocycles. The average Bonchev–Trinajstić information content (AvgIpc) is 3.39. The molecular weight excluding hydrogens is 983 g/mol. The molecule has 0 saturated carbocycles. The summed E-state index contributed by atoms with van der Waals surface area (Å²) in [6.45, 7) is 5.44. The Labute approximate surface area is 431 Å². The Hall–Kier alpha value is -7.62. The van der Waals surface area contributed by atoms with Crippen molar-refractivity contribution in [3.05, 3.63) is 179 Å². The van der Waals surface area contributed by atoms with Crippen LogP contribution in [-0.2, 0) is 5.41 Å². The minimum atomic E-state index is -5.95. The van der Waals surface area contributed by atoms with Gasteiger partial charge in [-0.05, 0) is 145 Å². The number of alkyl halides is 6. The predicted molar refractivity (Wildman–Crippen MR) is 269 cm³/mol. The molecule has 10 nitrogen and oxygen atoms in total. The average molecular weight is 1040 g/mol. The molecule has 0 saturated heterocycles. The third kappa shape index (κ3) is 15.7. The van der Waals surface area contributed by atoms with Crippen LogP contribution in [0.15, 0.2) is 146 Å². The molecule has 6 rings (SSSR count). The number of ether oxygens (including phenoxy) is 6. The molecule has 0 aliphatic rings. The van der Waals surface area contributed by atoms with E-state index in [9.17, 15) is 45.5 Å². The number of hydrogen-bond acceptors (Lipinski definition) is 10. The van der Waals surface area contributed by atoms with Crippen molar-refractivity contribution in [1.29, 1.82) is 0 Å². The third-order valence-electron chi connectivity index (χ3n) is 12.2. The van der Waals surface area contributed by atoms with Gasteiger partial charge in [-0.3, -0.25) is 0 Å². The first kappa shape index (κ1) is 56.7. The summed E-state index contributed by atoms with van der Waals surface area (Å²) in [6, 6.07) is 28.6. The van der Waals surface area contributed by atoms with Gasteiger partial charge in [0.15, 0.2) is 0 Å². The van der Waals surface area contributed by atoms with E-state index in [1.165, 1.54) is 87.1 Å². The lowest BCUT2D eigenvalue weighted by Crippen LogP contribution is -2.54. The fourth-order valence-electron chi connectivity index (χ4n) is 8.03. The Bertz CT molecular complexity index is 2560. The Kier molecular flexibility index (Phi) is 20.5. The monoisotopic (exact) mass is 1040 g/mol. The van der Waals surface area contributed by atoms with Crippen LogP contribution in [0.25, 0.3) is 0 Å². The van der Waals surface area contributed by atoms with Crippen LogP contribution >= 0.6 is 0 Å². The van der Waals surface area contributed by atoms with E-state index in [-0.39, 0.29) is 45.3 Å². The molecule has 0 aliphatic carbocycles. The normalized spacial score (nSPS) is 11.6. The van der Waals surface area contributed by atoms with Crippen molar-refractivity contribution in [2.75, 3.05) is 13.2 Å². The lowest BCUT2D eigenvalue weighted by molar-refractivity contribution is -0.288. The van der Waals surface area contributed by atoms with E-state index in [2.05, 4.69) is 13.8 Å². The zero-order chi connectivity index (χ0) is 53.9. The van der Waals surface area contributed by atoms with Gasteiger partial charge in [0.2, 0.25) is 5.41 Å². The maximum absolute atomic E-state index is 15.0. The number of hydrogen-bond donors (Lipinski definition) is 0. The van der Waals surface area contributed by atoms with Crippen LogP contribution in [0.2, 0.25) is 0 Å². The number of esters is 4. The molecule has 6 aromatic rings. The largest absolute Gasteiger partial charge is 0.494 e. The first-order valence-electron chi connectivity index (χ1n) is 24.9. The summed E-state index contributed by atoms with van der Waals surface area (Å²) in [6.07, 6.45) is 1.60. The predicted octanol–water partition coefficient (Wildman–Crippen LogP) is 15.5. The lowest BCUT2D eigenvalue weighted by Gasteiger charge is -2.38. The van der Waals surface area contributed by atoms with Gasteiger partial charge in [0, 0.05) is 0 Å². The summed E-state index contributed by atoms with van der Waals surface area (Å²) in [4.78, 5) is 51.5. The lowest BCUT2D eigenvalue weighted by atomic mass is 9.73. The highest BCUT2D eigenvalue weighted by Crippen LogP contribution is 2.56. The maximum atomic E-state index is 15.0. The molecule has 0 fully saturated rings. The fraction of sp³-hybridized carbons (Fsp3) is 0.322. The Morgan fingerprint density at radius 2 is 0.547 bits per heavy atom. The molecule has 0 aliphatic heterocycles. The van der Waals surface area contributed by atoms with Crippen molar-refractivity contribution < 1.29 is 73.9 Å². The number of rotatable bonds is 26. The summed E-state index contributed by atoms with van der Waals surface area (Å²) in [5, 5.41) is 0. The second-order valence-electron chi connectivity index (χ2n) is 17.7. The molecule has 0 atom stereocenters. The van der Waals surface area contributed by atoms with E-state index < -0.39 is 52.8 Å². The molecule has 75 heavy (non-hydrogen) atoms. The minimum absolute atomic E-state index is 0.0635.